The molecule has 2 aromatic rings. The molecule has 0 saturated heterocycles. The van der Waals surface area contributed by atoms with Crippen LogP contribution >= 0.6 is 0 Å². The fourth-order valence-corrected chi connectivity index (χ4v) is 3.48. The monoisotopic (exact) mass is 421 g/mol. The summed E-state index contributed by atoms with van der Waals surface area (Å²) >= 11 is 0. The number of ether oxygens (including phenoxy) is 2. The normalized spacial score (nSPS) is 14.0. The van der Waals surface area contributed by atoms with Crippen molar-refractivity contribution in [2.24, 2.45) is 0 Å². The van der Waals surface area contributed by atoms with E-state index in [2.05, 4.69) is 5.32 Å². The van der Waals surface area contributed by atoms with Gasteiger partial charge in [0.05, 0.1) is 23.7 Å². The molecule has 0 spiro atoms. The van der Waals surface area contributed by atoms with Gasteiger partial charge in [-0.25, -0.2) is 0 Å². The maximum Gasteiger partial charge on any atom is 0.280 e. The third-order valence-electron chi connectivity index (χ3n) is 5.10. The van der Waals surface area contributed by atoms with E-state index >= 15 is 0 Å². The lowest BCUT2D eigenvalue weighted by atomic mass is 10.1. The Hall–Kier alpha value is -3.86. The number of rotatable bonds is 8. The van der Waals surface area contributed by atoms with Crippen LogP contribution in [0.2, 0.25) is 0 Å². The predicted molar refractivity (Wildman–Crippen MR) is 114 cm³/mol. The van der Waals surface area contributed by atoms with E-state index in [1.807, 2.05) is 36.4 Å². The molecule has 0 radical (unpaired) electrons. The summed E-state index contributed by atoms with van der Waals surface area (Å²) in [5.74, 6) is -0.0718. The first-order valence-corrected chi connectivity index (χ1v) is 9.97. The largest absolute Gasteiger partial charge is 0.493 e. The number of hydrogen-bond acceptors (Lipinski definition) is 6. The molecule has 1 N–H and O–H groups in total. The summed E-state index contributed by atoms with van der Waals surface area (Å²) in [6.45, 7) is 0.205. The van der Waals surface area contributed by atoms with Crippen molar-refractivity contribution in [3.63, 3.8) is 0 Å². The summed E-state index contributed by atoms with van der Waals surface area (Å²) in [4.78, 5) is 23.6. The molecule has 8 nitrogen and oxygen atoms in total. The summed E-state index contributed by atoms with van der Waals surface area (Å²) in [6, 6.07) is 13.9. The van der Waals surface area contributed by atoms with Crippen LogP contribution in [0.15, 0.2) is 48.0 Å². The fourth-order valence-electron chi connectivity index (χ4n) is 3.48. The van der Waals surface area contributed by atoms with Gasteiger partial charge in [0.25, 0.3) is 11.6 Å². The third kappa shape index (κ3) is 5.60. The molecule has 0 unspecified atom stereocenters. The molecule has 1 aliphatic rings. The van der Waals surface area contributed by atoms with E-state index in [1.165, 1.54) is 25.3 Å². The summed E-state index contributed by atoms with van der Waals surface area (Å²) in [5, 5.41) is 23.9. The number of nitriles is 1. The zero-order chi connectivity index (χ0) is 22.2. The zero-order valence-corrected chi connectivity index (χ0v) is 17.2. The second-order valence-electron chi connectivity index (χ2n) is 7.22. The average Bonchev–Trinajstić information content (AvgIpc) is 3.29. The molecule has 1 fully saturated rings. The lowest BCUT2D eigenvalue weighted by molar-refractivity contribution is -0.385. The molecule has 0 aliphatic heterocycles. The van der Waals surface area contributed by atoms with Gasteiger partial charge in [0.2, 0.25) is 0 Å². The molecule has 1 aliphatic carbocycles. The Bertz CT molecular complexity index is 1020. The Kier molecular flexibility index (Phi) is 7.22. The lowest BCUT2D eigenvalue weighted by Crippen LogP contribution is -2.33. The van der Waals surface area contributed by atoms with Crippen LogP contribution in [0.25, 0.3) is 6.08 Å². The number of hydrogen-bond donors (Lipinski definition) is 1. The van der Waals surface area contributed by atoms with Crippen LogP contribution < -0.4 is 14.8 Å². The number of nitrogens with zero attached hydrogens (tertiary/aromatic N) is 2. The second-order valence-corrected chi connectivity index (χ2v) is 7.22. The first-order chi connectivity index (χ1) is 15.0. The number of methoxy groups -OCH3 is 1. The highest BCUT2D eigenvalue weighted by molar-refractivity contribution is 6.02. The number of carbonyl (C=O) groups is 1. The molecular weight excluding hydrogens is 398 g/mol. The molecule has 0 aromatic heterocycles. The highest BCUT2D eigenvalue weighted by Crippen LogP contribution is 2.36. The minimum Gasteiger partial charge on any atom is -0.493 e. The van der Waals surface area contributed by atoms with E-state index in [0.29, 0.717) is 0 Å². The van der Waals surface area contributed by atoms with Gasteiger partial charge in [0, 0.05) is 6.04 Å². The zero-order valence-electron chi connectivity index (χ0n) is 17.2. The van der Waals surface area contributed by atoms with Gasteiger partial charge in [-0.1, -0.05) is 43.2 Å². The first kappa shape index (κ1) is 21.8. The minimum atomic E-state index is -0.579. The van der Waals surface area contributed by atoms with Crippen LogP contribution in [-0.4, -0.2) is 24.0 Å². The molecule has 0 atom stereocenters. The molecule has 0 bridgehead atoms. The van der Waals surface area contributed by atoms with Crippen LogP contribution in [-0.2, 0) is 11.4 Å². The first-order valence-electron chi connectivity index (χ1n) is 9.97. The Morgan fingerprint density at radius 1 is 1.26 bits per heavy atom. The summed E-state index contributed by atoms with van der Waals surface area (Å²) in [6.07, 6.45) is 5.01. The number of nitro benzene ring substituents is 1. The van der Waals surface area contributed by atoms with E-state index in [-0.39, 0.29) is 41.0 Å². The Morgan fingerprint density at radius 2 is 1.97 bits per heavy atom. The summed E-state index contributed by atoms with van der Waals surface area (Å²) < 4.78 is 11.1. The van der Waals surface area contributed by atoms with Gasteiger partial charge >= 0.3 is 0 Å². The number of nitrogens with one attached hydrogen (secondary N) is 1. The quantitative estimate of drug-likeness (QED) is 0.296. The molecule has 1 amide bonds. The molecule has 1 saturated carbocycles. The van der Waals surface area contributed by atoms with Gasteiger partial charge in [0.15, 0.2) is 11.5 Å². The fraction of sp³-hybridized carbons (Fsp3) is 0.304. The minimum absolute atomic E-state index is 0.0301. The topological polar surface area (TPSA) is 114 Å². The van der Waals surface area contributed by atoms with Crippen molar-refractivity contribution in [1.29, 1.82) is 5.26 Å². The number of nitro groups is 1. The van der Waals surface area contributed by atoms with Crippen LogP contribution in [0.1, 0.15) is 36.8 Å². The van der Waals surface area contributed by atoms with Crippen molar-refractivity contribution in [1.82, 2.24) is 5.32 Å². The maximum absolute atomic E-state index is 12.5. The lowest BCUT2D eigenvalue weighted by Gasteiger charge is -2.13. The molecule has 0 heterocycles. The Morgan fingerprint density at radius 3 is 2.58 bits per heavy atom. The predicted octanol–water partition coefficient (Wildman–Crippen LogP) is 4.15. The van der Waals surface area contributed by atoms with Crippen molar-refractivity contribution in [2.75, 3.05) is 7.11 Å². The van der Waals surface area contributed by atoms with Crippen LogP contribution in [0.4, 0.5) is 5.69 Å². The molecule has 31 heavy (non-hydrogen) atoms. The molecular formula is C23H23N3O5. The highest BCUT2D eigenvalue weighted by atomic mass is 16.6. The Balaban J connectivity index is 1.89. The average molecular weight is 421 g/mol. The smallest absolute Gasteiger partial charge is 0.280 e. The van der Waals surface area contributed by atoms with Crippen molar-refractivity contribution in [3.05, 3.63) is 69.3 Å². The number of carbonyl (C=O) groups excluding carboxylic acids is 1. The van der Waals surface area contributed by atoms with Gasteiger partial charge in [-0.2, -0.15) is 5.26 Å². The van der Waals surface area contributed by atoms with Crippen LogP contribution in [0, 0.1) is 21.4 Å². The van der Waals surface area contributed by atoms with Gasteiger partial charge in [-0.15, -0.1) is 0 Å². The highest BCUT2D eigenvalue weighted by Gasteiger charge is 2.23. The SMILES string of the molecule is COc1cc(/C=C(/C#N)C(=O)NC2CCCC2)c([N+](=O)[O-])cc1OCc1ccccc1. The summed E-state index contributed by atoms with van der Waals surface area (Å²) in [7, 11) is 1.42. The standard InChI is InChI=1S/C23H23N3O5/c1-30-21-12-17(11-18(14-24)23(27)25-19-9-5-6-10-19)20(26(28)29)13-22(21)31-15-16-7-3-2-4-8-16/h2-4,7-8,11-13,19H,5-6,9-10,15H2,1H3,(H,25,27)/b18-11-. The van der Waals surface area contributed by atoms with Crippen molar-refractivity contribution >= 4 is 17.7 Å². The third-order valence-corrected chi connectivity index (χ3v) is 5.10. The van der Waals surface area contributed by atoms with Crippen molar-refractivity contribution < 1.29 is 19.2 Å². The van der Waals surface area contributed by atoms with Crippen LogP contribution in [0.3, 0.4) is 0 Å². The van der Waals surface area contributed by atoms with Gasteiger partial charge < -0.3 is 14.8 Å². The van der Waals surface area contributed by atoms with Crippen molar-refractivity contribution in [3.8, 4) is 17.6 Å². The van der Waals surface area contributed by atoms with E-state index in [4.69, 9.17) is 9.47 Å². The van der Waals surface area contributed by atoms with Crippen LogP contribution in [0.5, 0.6) is 11.5 Å². The van der Waals surface area contributed by atoms with Gasteiger partial charge in [-0.3, -0.25) is 14.9 Å². The number of amides is 1. The molecule has 8 heteroatoms. The van der Waals surface area contributed by atoms with E-state index in [9.17, 15) is 20.2 Å². The molecule has 160 valence electrons. The number of benzene rings is 2. The van der Waals surface area contributed by atoms with Gasteiger partial charge in [-0.05, 0) is 30.5 Å². The second kappa shape index (κ2) is 10.3. The Labute approximate surface area is 180 Å². The molecule has 3 rings (SSSR count). The molecule has 2 aromatic carbocycles. The van der Waals surface area contributed by atoms with Crippen molar-refractivity contribution in [2.45, 2.75) is 38.3 Å². The summed E-state index contributed by atoms with van der Waals surface area (Å²) in [5.41, 5.74) is 0.499. The van der Waals surface area contributed by atoms with Gasteiger partial charge in [0.1, 0.15) is 18.2 Å². The van der Waals surface area contributed by atoms with E-state index in [0.717, 1.165) is 31.2 Å². The maximum atomic E-state index is 12.5. The van der Waals surface area contributed by atoms with E-state index in [1.54, 1.807) is 0 Å². The van der Waals surface area contributed by atoms with E-state index < -0.39 is 10.8 Å².